The first-order valence-corrected chi connectivity index (χ1v) is 14.0. The maximum absolute atomic E-state index is 11.2. The fraction of sp³-hybridized carbons (Fsp3) is 1.00. The molecule has 4 rings (SSSR count). The molecule has 2 heteroatoms. The van der Waals surface area contributed by atoms with Crippen molar-refractivity contribution in [3.05, 3.63) is 0 Å². The summed E-state index contributed by atoms with van der Waals surface area (Å²) in [6, 6.07) is 0. The normalized spacial score (nSPS) is 49.3. The number of rotatable bonds is 6. The summed E-state index contributed by atoms with van der Waals surface area (Å²) in [7, 11) is 0. The van der Waals surface area contributed by atoms with E-state index in [2.05, 4.69) is 41.5 Å². The van der Waals surface area contributed by atoms with E-state index in [1.54, 1.807) is 0 Å². The highest BCUT2D eigenvalue weighted by molar-refractivity contribution is 5.11. The Hall–Kier alpha value is -0.0800. The van der Waals surface area contributed by atoms with Crippen molar-refractivity contribution in [3.63, 3.8) is 0 Å². The minimum Gasteiger partial charge on any atom is -0.393 e. The highest BCUT2D eigenvalue weighted by Crippen LogP contribution is 2.68. The molecule has 2 nitrogen and oxygen atoms in total. The molecule has 180 valence electrons. The van der Waals surface area contributed by atoms with Crippen LogP contribution in [0.2, 0.25) is 0 Å². The predicted octanol–water partition coefficient (Wildman–Crippen LogP) is 7.08. The summed E-state index contributed by atoms with van der Waals surface area (Å²) < 4.78 is 0. The van der Waals surface area contributed by atoms with Gasteiger partial charge in [-0.15, -0.1) is 0 Å². The second kappa shape index (κ2) is 8.94. The third kappa shape index (κ3) is 4.05. The molecule has 0 amide bonds. The van der Waals surface area contributed by atoms with Crippen LogP contribution < -0.4 is 0 Å². The molecule has 0 bridgehead atoms. The van der Waals surface area contributed by atoms with Gasteiger partial charge in [0.1, 0.15) is 0 Å². The maximum Gasteiger partial charge on any atom is 0.0577 e. The van der Waals surface area contributed by atoms with Crippen LogP contribution in [0.25, 0.3) is 0 Å². The molecule has 0 saturated heterocycles. The molecule has 4 fully saturated rings. The number of aliphatic hydroxyl groups excluding tert-OH is 2. The standard InChI is InChI=1S/C29H52O2/c1-7-20(18(2)3)9-8-19(4)23-10-11-24-22-17-27(31)26-16-21(30)12-14-29(26,6)25(22)13-15-28(23,24)5/h18-27,30-31H,7-17H2,1-6H3/t19-,20-,21+,22?,23-,24?,25?,26-,27+,28-,29-/m1/s1. The van der Waals surface area contributed by atoms with Crippen molar-refractivity contribution < 1.29 is 10.2 Å². The Morgan fingerprint density at radius 2 is 1.48 bits per heavy atom. The van der Waals surface area contributed by atoms with Gasteiger partial charge in [0.15, 0.2) is 0 Å². The Kier molecular flexibility index (Phi) is 6.93. The van der Waals surface area contributed by atoms with Crippen LogP contribution >= 0.6 is 0 Å². The van der Waals surface area contributed by atoms with E-state index in [0.717, 1.165) is 61.2 Å². The second-order valence-electron chi connectivity index (χ2n) is 13.4. The van der Waals surface area contributed by atoms with E-state index in [-0.39, 0.29) is 17.6 Å². The Labute approximate surface area is 193 Å². The summed E-state index contributed by atoms with van der Waals surface area (Å²) in [6.07, 6.45) is 13.2. The molecule has 0 aromatic carbocycles. The summed E-state index contributed by atoms with van der Waals surface area (Å²) in [4.78, 5) is 0. The lowest BCUT2D eigenvalue weighted by Crippen LogP contribution is -2.58. The lowest BCUT2D eigenvalue weighted by molar-refractivity contribution is -0.172. The smallest absolute Gasteiger partial charge is 0.0577 e. The first-order chi connectivity index (χ1) is 14.6. The molecule has 2 N–H and O–H groups in total. The summed E-state index contributed by atoms with van der Waals surface area (Å²) in [5.74, 6) is 6.01. The Morgan fingerprint density at radius 1 is 0.806 bits per heavy atom. The Bertz CT molecular complexity index is 616. The largest absolute Gasteiger partial charge is 0.393 e. The quantitative estimate of drug-likeness (QED) is 0.471. The fourth-order valence-corrected chi connectivity index (χ4v) is 9.94. The van der Waals surface area contributed by atoms with Gasteiger partial charge in [-0.3, -0.25) is 0 Å². The average molecular weight is 433 g/mol. The van der Waals surface area contributed by atoms with Gasteiger partial charge < -0.3 is 10.2 Å². The zero-order valence-electron chi connectivity index (χ0n) is 21.4. The lowest BCUT2D eigenvalue weighted by atomic mass is 9.43. The van der Waals surface area contributed by atoms with Gasteiger partial charge in [-0.1, -0.05) is 54.4 Å². The topological polar surface area (TPSA) is 40.5 Å². The molecule has 3 unspecified atom stereocenters. The number of aliphatic hydroxyl groups is 2. The zero-order chi connectivity index (χ0) is 22.6. The molecule has 0 aliphatic heterocycles. The number of fused-ring (bicyclic) bond motifs is 5. The highest BCUT2D eigenvalue weighted by atomic mass is 16.3. The van der Waals surface area contributed by atoms with Crippen molar-refractivity contribution in [2.75, 3.05) is 0 Å². The molecule has 0 spiro atoms. The van der Waals surface area contributed by atoms with Crippen molar-refractivity contribution in [2.45, 2.75) is 124 Å². The van der Waals surface area contributed by atoms with Crippen molar-refractivity contribution in [2.24, 2.45) is 58.2 Å². The third-order valence-corrected chi connectivity index (χ3v) is 11.9. The highest BCUT2D eigenvalue weighted by Gasteiger charge is 2.62. The Morgan fingerprint density at radius 3 is 2.16 bits per heavy atom. The van der Waals surface area contributed by atoms with Crippen molar-refractivity contribution in [1.82, 2.24) is 0 Å². The van der Waals surface area contributed by atoms with Crippen LogP contribution in [-0.2, 0) is 0 Å². The van der Waals surface area contributed by atoms with Crippen LogP contribution in [0.4, 0.5) is 0 Å². The molecule has 4 saturated carbocycles. The Balaban J connectivity index is 1.48. The van der Waals surface area contributed by atoms with Crippen LogP contribution in [0.3, 0.4) is 0 Å². The minimum atomic E-state index is -0.198. The van der Waals surface area contributed by atoms with E-state index in [9.17, 15) is 10.2 Å². The van der Waals surface area contributed by atoms with Gasteiger partial charge in [0.25, 0.3) is 0 Å². The van der Waals surface area contributed by atoms with E-state index >= 15 is 0 Å². The van der Waals surface area contributed by atoms with Crippen LogP contribution in [0, 0.1) is 58.2 Å². The van der Waals surface area contributed by atoms with Crippen LogP contribution in [0.15, 0.2) is 0 Å². The molecule has 31 heavy (non-hydrogen) atoms. The van der Waals surface area contributed by atoms with E-state index in [1.807, 2.05) is 0 Å². The summed E-state index contributed by atoms with van der Waals surface area (Å²) in [5.41, 5.74) is 0.732. The van der Waals surface area contributed by atoms with Crippen LogP contribution in [-0.4, -0.2) is 22.4 Å². The van der Waals surface area contributed by atoms with Gasteiger partial charge in [-0.25, -0.2) is 0 Å². The van der Waals surface area contributed by atoms with E-state index in [1.165, 1.54) is 44.9 Å². The number of hydrogen-bond acceptors (Lipinski definition) is 2. The first kappa shape index (κ1) is 24.1. The summed E-state index contributed by atoms with van der Waals surface area (Å²) >= 11 is 0. The minimum absolute atomic E-state index is 0.187. The molecular weight excluding hydrogens is 380 g/mol. The first-order valence-electron chi connectivity index (χ1n) is 14.0. The molecule has 0 radical (unpaired) electrons. The van der Waals surface area contributed by atoms with E-state index in [0.29, 0.717) is 17.3 Å². The predicted molar refractivity (Wildman–Crippen MR) is 130 cm³/mol. The van der Waals surface area contributed by atoms with Gasteiger partial charge in [0.2, 0.25) is 0 Å². The molecule has 0 aromatic heterocycles. The lowest BCUT2D eigenvalue weighted by Gasteiger charge is -2.62. The van der Waals surface area contributed by atoms with Crippen molar-refractivity contribution in [3.8, 4) is 0 Å². The van der Waals surface area contributed by atoms with Gasteiger partial charge >= 0.3 is 0 Å². The molecule has 4 aliphatic carbocycles. The molecular formula is C29H52O2. The number of hydrogen-bond donors (Lipinski definition) is 2. The van der Waals surface area contributed by atoms with Crippen molar-refractivity contribution >= 4 is 0 Å². The van der Waals surface area contributed by atoms with Gasteiger partial charge in [0, 0.05) is 0 Å². The monoisotopic (exact) mass is 432 g/mol. The molecule has 0 heterocycles. The SMILES string of the molecule is CC[C@H](CC[C@@H](C)[C@H]1CCC2C3C[C@H](O)[C@H]4C[C@@H](O)CC[C@]4(C)C3CC[C@@]21C)C(C)C. The zero-order valence-corrected chi connectivity index (χ0v) is 21.4. The van der Waals surface area contributed by atoms with E-state index in [4.69, 9.17) is 0 Å². The van der Waals surface area contributed by atoms with Gasteiger partial charge in [-0.2, -0.15) is 0 Å². The summed E-state index contributed by atoms with van der Waals surface area (Å²) in [6.45, 7) is 14.9. The second-order valence-corrected chi connectivity index (χ2v) is 13.4. The molecule has 11 atom stereocenters. The third-order valence-electron chi connectivity index (χ3n) is 11.9. The molecule has 4 aliphatic rings. The average Bonchev–Trinajstić information content (AvgIpc) is 3.07. The van der Waals surface area contributed by atoms with E-state index < -0.39 is 0 Å². The summed E-state index contributed by atoms with van der Waals surface area (Å²) in [5, 5.41) is 21.5. The van der Waals surface area contributed by atoms with Crippen LogP contribution in [0.1, 0.15) is 112 Å². The fourth-order valence-electron chi connectivity index (χ4n) is 9.94. The van der Waals surface area contributed by atoms with Gasteiger partial charge in [0.05, 0.1) is 12.2 Å². The molecule has 0 aromatic rings. The van der Waals surface area contributed by atoms with Gasteiger partial charge in [-0.05, 0) is 116 Å². The maximum atomic E-state index is 11.2. The van der Waals surface area contributed by atoms with Crippen molar-refractivity contribution in [1.29, 1.82) is 0 Å². The van der Waals surface area contributed by atoms with Crippen LogP contribution in [0.5, 0.6) is 0 Å².